The molecular weight excluding hydrogens is 250 g/mol. The number of benzene rings is 1. The lowest BCUT2D eigenvalue weighted by Crippen LogP contribution is -2.24. The number of para-hydroxylation sites is 1. The molecule has 0 aliphatic carbocycles. The molecule has 0 saturated heterocycles. The molecule has 1 aliphatic heterocycles. The van der Waals surface area contributed by atoms with Gasteiger partial charge in [0.2, 0.25) is 0 Å². The highest BCUT2D eigenvalue weighted by Gasteiger charge is 2.32. The van der Waals surface area contributed by atoms with Crippen LogP contribution in [-0.4, -0.2) is 22.1 Å². The largest absolute Gasteiger partial charge is 0.487 e. The number of rotatable bonds is 3. The number of anilines is 1. The molecule has 0 amide bonds. The highest BCUT2D eigenvalue weighted by molar-refractivity contribution is 5.78. The Hall–Kier alpha value is -2.10. The third-order valence-corrected chi connectivity index (χ3v) is 3.39. The Morgan fingerprint density at radius 2 is 2.05 bits per heavy atom. The summed E-state index contributed by atoms with van der Waals surface area (Å²) in [6, 6.07) is 6.23. The Morgan fingerprint density at radius 3 is 2.85 bits per heavy atom. The molecule has 0 atom stereocenters. The molecule has 1 aromatic heterocycles. The van der Waals surface area contributed by atoms with Crippen LogP contribution in [0.2, 0.25) is 0 Å². The van der Waals surface area contributed by atoms with E-state index in [4.69, 9.17) is 4.74 Å². The summed E-state index contributed by atoms with van der Waals surface area (Å²) in [6.07, 6.45) is 4.35. The van der Waals surface area contributed by atoms with E-state index in [1.54, 1.807) is 12.4 Å². The SMILES string of the molecule is CCNc1nccnc1-c1cccc2c1OC(C)(C)C2. The van der Waals surface area contributed by atoms with E-state index in [9.17, 15) is 0 Å². The minimum absolute atomic E-state index is 0.154. The summed E-state index contributed by atoms with van der Waals surface area (Å²) >= 11 is 0. The molecule has 0 saturated carbocycles. The highest BCUT2D eigenvalue weighted by Crippen LogP contribution is 2.42. The first-order valence-electron chi connectivity index (χ1n) is 6.97. The number of nitrogens with zero attached hydrogens (tertiary/aromatic N) is 2. The van der Waals surface area contributed by atoms with E-state index >= 15 is 0 Å². The zero-order valence-electron chi connectivity index (χ0n) is 12.1. The molecular formula is C16H19N3O. The van der Waals surface area contributed by atoms with Crippen LogP contribution in [0.25, 0.3) is 11.3 Å². The fraction of sp³-hybridized carbons (Fsp3) is 0.375. The van der Waals surface area contributed by atoms with Gasteiger partial charge in [-0.05, 0) is 32.4 Å². The molecule has 0 spiro atoms. The Balaban J connectivity index is 2.12. The Bertz CT molecular complexity index is 637. The molecule has 0 bridgehead atoms. The van der Waals surface area contributed by atoms with Gasteiger partial charge in [-0.15, -0.1) is 0 Å². The Kier molecular flexibility index (Phi) is 3.08. The second-order valence-corrected chi connectivity index (χ2v) is 5.62. The van der Waals surface area contributed by atoms with Crippen molar-refractivity contribution in [1.29, 1.82) is 0 Å². The van der Waals surface area contributed by atoms with Crippen molar-refractivity contribution in [3.8, 4) is 17.0 Å². The van der Waals surface area contributed by atoms with Crippen molar-refractivity contribution in [3.05, 3.63) is 36.2 Å². The van der Waals surface area contributed by atoms with E-state index in [2.05, 4.69) is 41.3 Å². The molecule has 0 fully saturated rings. The van der Waals surface area contributed by atoms with Gasteiger partial charge in [-0.2, -0.15) is 0 Å². The quantitative estimate of drug-likeness (QED) is 0.928. The average molecular weight is 269 g/mol. The second-order valence-electron chi connectivity index (χ2n) is 5.62. The topological polar surface area (TPSA) is 47.0 Å². The van der Waals surface area contributed by atoms with Crippen molar-refractivity contribution in [3.63, 3.8) is 0 Å². The lowest BCUT2D eigenvalue weighted by Gasteiger charge is -2.18. The Labute approximate surface area is 119 Å². The van der Waals surface area contributed by atoms with Crippen molar-refractivity contribution < 1.29 is 4.74 Å². The van der Waals surface area contributed by atoms with E-state index in [0.29, 0.717) is 0 Å². The number of ether oxygens (including phenoxy) is 1. The number of hydrogen-bond donors (Lipinski definition) is 1. The van der Waals surface area contributed by atoms with Crippen LogP contribution in [0.5, 0.6) is 5.75 Å². The average Bonchev–Trinajstić information content (AvgIpc) is 2.73. The third kappa shape index (κ3) is 2.22. The molecule has 2 aromatic rings. The van der Waals surface area contributed by atoms with Crippen LogP contribution >= 0.6 is 0 Å². The molecule has 20 heavy (non-hydrogen) atoms. The summed E-state index contributed by atoms with van der Waals surface area (Å²) in [5.74, 6) is 1.74. The number of fused-ring (bicyclic) bond motifs is 1. The summed E-state index contributed by atoms with van der Waals surface area (Å²) in [5, 5.41) is 3.26. The first-order chi connectivity index (χ1) is 9.61. The van der Waals surface area contributed by atoms with E-state index in [-0.39, 0.29) is 5.60 Å². The third-order valence-electron chi connectivity index (χ3n) is 3.39. The van der Waals surface area contributed by atoms with Crippen LogP contribution in [0.1, 0.15) is 26.3 Å². The summed E-state index contributed by atoms with van der Waals surface area (Å²) in [4.78, 5) is 8.87. The zero-order chi connectivity index (χ0) is 14.2. The van der Waals surface area contributed by atoms with Gasteiger partial charge in [0.1, 0.15) is 17.0 Å². The zero-order valence-corrected chi connectivity index (χ0v) is 12.1. The molecule has 3 rings (SSSR count). The van der Waals surface area contributed by atoms with Gasteiger partial charge in [0.15, 0.2) is 5.82 Å². The minimum atomic E-state index is -0.154. The molecule has 4 nitrogen and oxygen atoms in total. The smallest absolute Gasteiger partial charge is 0.152 e. The number of nitrogens with one attached hydrogen (secondary N) is 1. The molecule has 4 heteroatoms. The fourth-order valence-corrected chi connectivity index (χ4v) is 2.63. The van der Waals surface area contributed by atoms with Crippen LogP contribution < -0.4 is 10.1 Å². The van der Waals surface area contributed by atoms with Crippen LogP contribution in [0.15, 0.2) is 30.6 Å². The maximum atomic E-state index is 6.12. The molecule has 0 unspecified atom stereocenters. The van der Waals surface area contributed by atoms with E-state index in [0.717, 1.165) is 35.8 Å². The highest BCUT2D eigenvalue weighted by atomic mass is 16.5. The van der Waals surface area contributed by atoms with Crippen LogP contribution in [0, 0.1) is 0 Å². The van der Waals surface area contributed by atoms with Gasteiger partial charge in [-0.25, -0.2) is 4.98 Å². The minimum Gasteiger partial charge on any atom is -0.487 e. The van der Waals surface area contributed by atoms with Crippen molar-refractivity contribution in [2.45, 2.75) is 32.8 Å². The molecule has 104 valence electrons. The lowest BCUT2D eigenvalue weighted by molar-refractivity contribution is 0.139. The standard InChI is InChI=1S/C16H19N3O/c1-4-17-15-13(18-8-9-19-15)12-7-5-6-11-10-16(2,3)20-14(11)12/h5-9H,4,10H2,1-3H3,(H,17,19). The van der Waals surface area contributed by atoms with E-state index in [1.807, 2.05) is 13.0 Å². The summed E-state index contributed by atoms with van der Waals surface area (Å²) in [5.41, 5.74) is 2.94. The maximum Gasteiger partial charge on any atom is 0.152 e. The summed E-state index contributed by atoms with van der Waals surface area (Å²) in [6.45, 7) is 7.08. The van der Waals surface area contributed by atoms with Crippen molar-refractivity contribution in [2.24, 2.45) is 0 Å². The number of hydrogen-bond acceptors (Lipinski definition) is 4. The predicted octanol–water partition coefficient (Wildman–Crippen LogP) is 3.29. The number of aromatic nitrogens is 2. The van der Waals surface area contributed by atoms with Crippen molar-refractivity contribution in [1.82, 2.24) is 9.97 Å². The molecule has 1 N–H and O–H groups in total. The first-order valence-corrected chi connectivity index (χ1v) is 6.97. The maximum absolute atomic E-state index is 6.12. The summed E-state index contributed by atoms with van der Waals surface area (Å²) in [7, 11) is 0. The van der Waals surface area contributed by atoms with Gasteiger partial charge >= 0.3 is 0 Å². The van der Waals surface area contributed by atoms with Crippen LogP contribution in [0.3, 0.4) is 0 Å². The van der Waals surface area contributed by atoms with E-state index < -0.39 is 0 Å². The molecule has 2 heterocycles. The van der Waals surface area contributed by atoms with Crippen molar-refractivity contribution >= 4 is 5.82 Å². The predicted molar refractivity (Wildman–Crippen MR) is 80.0 cm³/mol. The van der Waals surface area contributed by atoms with Gasteiger partial charge in [-0.1, -0.05) is 12.1 Å². The van der Waals surface area contributed by atoms with Gasteiger partial charge in [-0.3, -0.25) is 4.98 Å². The molecule has 1 aromatic carbocycles. The first kappa shape index (κ1) is 12.9. The Morgan fingerprint density at radius 1 is 1.25 bits per heavy atom. The summed E-state index contributed by atoms with van der Waals surface area (Å²) < 4.78 is 6.12. The lowest BCUT2D eigenvalue weighted by atomic mass is 9.99. The van der Waals surface area contributed by atoms with E-state index in [1.165, 1.54) is 5.56 Å². The van der Waals surface area contributed by atoms with Gasteiger partial charge in [0.25, 0.3) is 0 Å². The van der Waals surface area contributed by atoms with Gasteiger partial charge < -0.3 is 10.1 Å². The van der Waals surface area contributed by atoms with Crippen LogP contribution in [-0.2, 0) is 6.42 Å². The van der Waals surface area contributed by atoms with Crippen molar-refractivity contribution in [2.75, 3.05) is 11.9 Å². The fourth-order valence-electron chi connectivity index (χ4n) is 2.63. The van der Waals surface area contributed by atoms with Gasteiger partial charge in [0.05, 0.1) is 0 Å². The van der Waals surface area contributed by atoms with Crippen LogP contribution in [0.4, 0.5) is 5.82 Å². The normalized spacial score (nSPS) is 15.6. The molecule has 1 aliphatic rings. The monoisotopic (exact) mass is 269 g/mol. The molecule has 0 radical (unpaired) electrons. The van der Waals surface area contributed by atoms with Gasteiger partial charge in [0, 0.05) is 30.9 Å². The second kappa shape index (κ2) is 4.78.